The maximum Gasteiger partial charge on any atom is 0.106 e. The van der Waals surface area contributed by atoms with E-state index in [2.05, 4.69) is 17.5 Å². The Morgan fingerprint density at radius 2 is 2.14 bits per heavy atom. The summed E-state index contributed by atoms with van der Waals surface area (Å²) in [6.45, 7) is 3.50. The minimum absolute atomic E-state index is 0.497. The second-order valence-corrected chi connectivity index (χ2v) is 2.33. The molecule has 0 amide bonds. The van der Waals surface area contributed by atoms with E-state index < -0.39 is 5.60 Å². The quantitative estimate of drug-likeness (QED) is 0.327. The number of rotatable bonds is 2. The minimum Gasteiger partial charge on any atom is -0.251 e. The zero-order valence-electron chi connectivity index (χ0n) is 4.51. The fourth-order valence-corrected chi connectivity index (χ4v) is 0.0866. The molecule has 1 N–H and O–H groups in total. The highest BCUT2D eigenvalue weighted by molar-refractivity contribution is 7.80. The predicted molar refractivity (Wildman–Crippen MR) is 31.6 cm³/mol. The average Bonchev–Trinajstić information content (AvgIpc) is 1.68. The van der Waals surface area contributed by atoms with Crippen molar-refractivity contribution in [2.75, 3.05) is 5.75 Å². The van der Waals surface area contributed by atoms with E-state index in [1.54, 1.807) is 13.8 Å². The van der Waals surface area contributed by atoms with Crippen LogP contribution >= 0.6 is 12.6 Å². The van der Waals surface area contributed by atoms with Crippen LogP contribution < -0.4 is 0 Å². The lowest BCUT2D eigenvalue weighted by molar-refractivity contribution is -0.305. The van der Waals surface area contributed by atoms with Gasteiger partial charge in [-0.3, -0.25) is 5.26 Å². The normalized spacial score (nSPS) is 12.0. The molecule has 0 bridgehead atoms. The van der Waals surface area contributed by atoms with E-state index in [9.17, 15) is 0 Å². The molecule has 2 nitrogen and oxygen atoms in total. The summed E-state index contributed by atoms with van der Waals surface area (Å²) >= 11 is 3.90. The van der Waals surface area contributed by atoms with E-state index in [1.807, 2.05) is 0 Å². The van der Waals surface area contributed by atoms with Crippen LogP contribution in [0.3, 0.4) is 0 Å². The molecule has 0 aromatic rings. The Bertz CT molecular complexity index is 47.7. The van der Waals surface area contributed by atoms with Gasteiger partial charge in [-0.25, -0.2) is 4.89 Å². The van der Waals surface area contributed by atoms with Crippen molar-refractivity contribution in [3.05, 3.63) is 0 Å². The summed E-state index contributed by atoms with van der Waals surface area (Å²) in [5, 5.41) is 8.05. The van der Waals surface area contributed by atoms with Crippen LogP contribution in [0.1, 0.15) is 13.8 Å². The van der Waals surface area contributed by atoms with Crippen LogP contribution in [0.4, 0.5) is 0 Å². The van der Waals surface area contributed by atoms with E-state index in [1.165, 1.54) is 0 Å². The summed E-state index contributed by atoms with van der Waals surface area (Å²) < 4.78 is 0. The summed E-state index contributed by atoms with van der Waals surface area (Å²) in [5.41, 5.74) is -0.497. The molecule has 7 heavy (non-hydrogen) atoms. The summed E-state index contributed by atoms with van der Waals surface area (Å²) in [4.78, 5) is 4.01. The zero-order chi connectivity index (χ0) is 5.91. The van der Waals surface area contributed by atoms with E-state index in [-0.39, 0.29) is 0 Å². The molecular weight excluding hydrogens is 112 g/mol. The summed E-state index contributed by atoms with van der Waals surface area (Å²) in [7, 11) is 0. The Kier molecular flexibility index (Phi) is 2.64. The van der Waals surface area contributed by atoms with Crippen molar-refractivity contribution in [2.24, 2.45) is 0 Å². The SMILES string of the molecule is CC(C)(CS)OO. The molecule has 0 rings (SSSR count). The van der Waals surface area contributed by atoms with Crippen LogP contribution in [-0.2, 0) is 4.89 Å². The third-order valence-corrected chi connectivity index (χ3v) is 1.39. The highest BCUT2D eigenvalue weighted by Crippen LogP contribution is 2.07. The van der Waals surface area contributed by atoms with Crippen molar-refractivity contribution in [1.29, 1.82) is 0 Å². The van der Waals surface area contributed by atoms with Gasteiger partial charge in [0.15, 0.2) is 0 Å². The number of hydrogen-bond acceptors (Lipinski definition) is 3. The molecule has 0 aliphatic rings. The van der Waals surface area contributed by atoms with Gasteiger partial charge in [-0.1, -0.05) is 0 Å². The molecule has 0 heterocycles. The molecule has 0 spiro atoms. The van der Waals surface area contributed by atoms with Gasteiger partial charge in [-0.15, -0.1) is 0 Å². The number of hydrogen-bond donors (Lipinski definition) is 2. The van der Waals surface area contributed by atoms with Gasteiger partial charge in [0.25, 0.3) is 0 Å². The first-order valence-electron chi connectivity index (χ1n) is 2.06. The molecule has 3 heteroatoms. The van der Waals surface area contributed by atoms with Crippen LogP contribution in [0.2, 0.25) is 0 Å². The second kappa shape index (κ2) is 2.55. The Morgan fingerprint density at radius 1 is 1.71 bits per heavy atom. The van der Waals surface area contributed by atoms with E-state index in [0.717, 1.165) is 0 Å². The Hall–Kier alpha value is 0.270. The van der Waals surface area contributed by atoms with E-state index in [0.29, 0.717) is 5.75 Å². The predicted octanol–water partition coefficient (Wildman–Crippen LogP) is 1.18. The first-order chi connectivity index (χ1) is 3.12. The van der Waals surface area contributed by atoms with Gasteiger partial charge in [0.1, 0.15) is 5.60 Å². The summed E-state index contributed by atoms with van der Waals surface area (Å²) in [6.07, 6.45) is 0. The van der Waals surface area contributed by atoms with Gasteiger partial charge >= 0.3 is 0 Å². The zero-order valence-corrected chi connectivity index (χ0v) is 5.40. The molecule has 0 saturated heterocycles. The lowest BCUT2D eigenvalue weighted by atomic mass is 10.2. The molecule has 0 aromatic carbocycles. The van der Waals surface area contributed by atoms with Crippen LogP contribution in [-0.4, -0.2) is 16.6 Å². The van der Waals surface area contributed by atoms with Crippen LogP contribution in [0.15, 0.2) is 0 Å². The monoisotopic (exact) mass is 122 g/mol. The maximum absolute atomic E-state index is 8.05. The molecule has 0 saturated carbocycles. The average molecular weight is 122 g/mol. The molecule has 0 aliphatic carbocycles. The van der Waals surface area contributed by atoms with Crippen LogP contribution in [0.25, 0.3) is 0 Å². The lowest BCUT2D eigenvalue weighted by Gasteiger charge is -2.15. The van der Waals surface area contributed by atoms with Gasteiger partial charge in [0.2, 0.25) is 0 Å². The van der Waals surface area contributed by atoms with Crippen molar-refractivity contribution in [1.82, 2.24) is 0 Å². The molecular formula is C4H10O2S. The Labute approximate surface area is 48.8 Å². The van der Waals surface area contributed by atoms with Crippen molar-refractivity contribution in [3.63, 3.8) is 0 Å². The second-order valence-electron chi connectivity index (χ2n) is 2.01. The van der Waals surface area contributed by atoms with Crippen LogP contribution in [0, 0.1) is 0 Å². The molecule has 0 aromatic heterocycles. The first-order valence-corrected chi connectivity index (χ1v) is 2.69. The highest BCUT2D eigenvalue weighted by atomic mass is 32.1. The molecule has 0 fully saturated rings. The topological polar surface area (TPSA) is 29.5 Å². The van der Waals surface area contributed by atoms with Gasteiger partial charge in [0, 0.05) is 5.75 Å². The van der Waals surface area contributed by atoms with E-state index >= 15 is 0 Å². The molecule has 44 valence electrons. The fraction of sp³-hybridized carbons (Fsp3) is 1.00. The maximum atomic E-state index is 8.05. The Morgan fingerprint density at radius 3 is 2.14 bits per heavy atom. The highest BCUT2D eigenvalue weighted by Gasteiger charge is 2.14. The Balaban J connectivity index is 3.36. The summed E-state index contributed by atoms with van der Waals surface area (Å²) in [6, 6.07) is 0. The van der Waals surface area contributed by atoms with E-state index in [4.69, 9.17) is 5.26 Å². The number of thiol groups is 1. The van der Waals surface area contributed by atoms with Crippen molar-refractivity contribution < 1.29 is 10.1 Å². The standard InChI is InChI=1S/C4H10O2S/c1-4(2,3-7)6-5/h5,7H,3H2,1-2H3. The van der Waals surface area contributed by atoms with Gasteiger partial charge in [-0.05, 0) is 13.8 Å². The van der Waals surface area contributed by atoms with Crippen molar-refractivity contribution in [2.45, 2.75) is 19.4 Å². The largest absolute Gasteiger partial charge is 0.251 e. The van der Waals surface area contributed by atoms with Crippen LogP contribution in [0.5, 0.6) is 0 Å². The van der Waals surface area contributed by atoms with Gasteiger partial charge in [-0.2, -0.15) is 12.6 Å². The smallest absolute Gasteiger partial charge is 0.106 e. The van der Waals surface area contributed by atoms with Crippen molar-refractivity contribution >= 4 is 12.6 Å². The molecule has 0 aliphatic heterocycles. The first kappa shape index (κ1) is 7.27. The molecule has 0 radical (unpaired) electrons. The minimum atomic E-state index is -0.497. The lowest BCUT2D eigenvalue weighted by Crippen LogP contribution is -2.24. The third-order valence-electron chi connectivity index (χ3n) is 0.628. The third kappa shape index (κ3) is 2.91. The molecule has 0 atom stereocenters. The van der Waals surface area contributed by atoms with Crippen molar-refractivity contribution in [3.8, 4) is 0 Å². The van der Waals surface area contributed by atoms with Gasteiger partial charge in [0.05, 0.1) is 0 Å². The molecule has 0 unspecified atom stereocenters. The summed E-state index contributed by atoms with van der Waals surface area (Å²) in [5.74, 6) is 0.517. The van der Waals surface area contributed by atoms with Gasteiger partial charge < -0.3 is 0 Å². The fourth-order valence-electron chi connectivity index (χ4n) is 0.0289.